The molecule has 0 fully saturated rings. The lowest BCUT2D eigenvalue weighted by Gasteiger charge is -2.10. The van der Waals surface area contributed by atoms with Crippen LogP contribution in [0.4, 0.5) is 10.7 Å². The van der Waals surface area contributed by atoms with Crippen LogP contribution < -0.4 is 15.4 Å². The smallest absolute Gasteiger partial charge is 0.341 e. The van der Waals surface area contributed by atoms with Gasteiger partial charge in [-0.25, -0.2) is 4.79 Å². The van der Waals surface area contributed by atoms with Gasteiger partial charge in [-0.05, 0) is 67.8 Å². The zero-order valence-corrected chi connectivity index (χ0v) is 19.3. The molecule has 0 atom stereocenters. The summed E-state index contributed by atoms with van der Waals surface area (Å²) in [4.78, 5) is 38.5. The fraction of sp³-hybridized carbons (Fsp3) is 0.208. The topological polar surface area (TPSA) is 93.7 Å². The lowest BCUT2D eigenvalue weighted by Crippen LogP contribution is -2.14. The first-order valence-corrected chi connectivity index (χ1v) is 10.6. The number of methoxy groups -OCH3 is 2. The van der Waals surface area contributed by atoms with Crippen molar-refractivity contribution in [1.29, 1.82) is 0 Å². The molecule has 0 unspecified atom stereocenters. The molecule has 3 rings (SSSR count). The molecule has 1 heterocycles. The predicted molar refractivity (Wildman–Crippen MR) is 125 cm³/mol. The number of esters is 1. The lowest BCUT2D eigenvalue weighted by atomic mass is 10.1. The lowest BCUT2D eigenvalue weighted by molar-refractivity contribution is 0.0601. The van der Waals surface area contributed by atoms with E-state index in [2.05, 4.69) is 10.6 Å². The van der Waals surface area contributed by atoms with Crippen molar-refractivity contribution in [3.05, 3.63) is 75.2 Å². The number of hydrogen-bond acceptors (Lipinski definition) is 6. The zero-order valence-electron chi connectivity index (χ0n) is 18.5. The van der Waals surface area contributed by atoms with Gasteiger partial charge in [-0.1, -0.05) is 12.1 Å². The Hall–Kier alpha value is -3.65. The summed E-state index contributed by atoms with van der Waals surface area (Å²) in [5.74, 6) is -0.791. The molecule has 0 radical (unpaired) electrons. The number of anilines is 2. The molecule has 0 aliphatic heterocycles. The molecule has 0 saturated carbocycles. The number of thiophene rings is 1. The number of nitrogens with one attached hydrogen (secondary N) is 2. The number of carbonyl (C=O) groups excluding carboxylic acids is 3. The minimum atomic E-state index is -0.630. The molecule has 166 valence electrons. The first-order valence-electron chi connectivity index (χ1n) is 9.81. The van der Waals surface area contributed by atoms with Gasteiger partial charge in [0.05, 0.1) is 24.7 Å². The van der Waals surface area contributed by atoms with Crippen molar-refractivity contribution in [2.24, 2.45) is 0 Å². The SMILES string of the molecule is COC(=O)c1c(NC(=O)c2ccc(OC)cc2)sc(C(=O)Nc2cccc(C)c2C)c1C. The first kappa shape index (κ1) is 23.0. The molecule has 1 aromatic heterocycles. The summed E-state index contributed by atoms with van der Waals surface area (Å²) in [6.45, 7) is 5.54. The number of amides is 2. The van der Waals surface area contributed by atoms with Crippen LogP contribution >= 0.6 is 11.3 Å². The van der Waals surface area contributed by atoms with Crippen LogP contribution in [0.15, 0.2) is 42.5 Å². The molecule has 2 amide bonds. The highest BCUT2D eigenvalue weighted by Crippen LogP contribution is 2.35. The molecular formula is C24H24N2O5S. The normalized spacial score (nSPS) is 10.4. The zero-order chi connectivity index (χ0) is 23.4. The number of rotatable bonds is 6. The minimum Gasteiger partial charge on any atom is -0.497 e. The third-order valence-corrected chi connectivity index (χ3v) is 6.38. The summed E-state index contributed by atoms with van der Waals surface area (Å²) in [6, 6.07) is 12.2. The molecule has 32 heavy (non-hydrogen) atoms. The van der Waals surface area contributed by atoms with Crippen LogP contribution in [-0.2, 0) is 4.74 Å². The molecule has 0 bridgehead atoms. The Balaban J connectivity index is 1.93. The number of carbonyl (C=O) groups is 3. The van der Waals surface area contributed by atoms with E-state index in [1.165, 1.54) is 14.2 Å². The Bertz CT molecular complexity index is 1180. The van der Waals surface area contributed by atoms with Gasteiger partial charge in [-0.15, -0.1) is 11.3 Å². The minimum absolute atomic E-state index is 0.158. The van der Waals surface area contributed by atoms with E-state index in [0.29, 0.717) is 27.4 Å². The molecule has 0 aliphatic carbocycles. The van der Waals surface area contributed by atoms with E-state index >= 15 is 0 Å². The van der Waals surface area contributed by atoms with E-state index in [-0.39, 0.29) is 16.5 Å². The maximum Gasteiger partial charge on any atom is 0.341 e. The van der Waals surface area contributed by atoms with Gasteiger partial charge in [-0.2, -0.15) is 0 Å². The maximum absolute atomic E-state index is 13.0. The fourth-order valence-corrected chi connectivity index (χ4v) is 4.23. The van der Waals surface area contributed by atoms with Crippen molar-refractivity contribution in [2.45, 2.75) is 20.8 Å². The van der Waals surface area contributed by atoms with Gasteiger partial charge < -0.3 is 20.1 Å². The van der Waals surface area contributed by atoms with E-state index in [4.69, 9.17) is 9.47 Å². The molecule has 0 aliphatic rings. The van der Waals surface area contributed by atoms with E-state index in [0.717, 1.165) is 22.5 Å². The highest BCUT2D eigenvalue weighted by atomic mass is 32.1. The first-order chi connectivity index (χ1) is 15.3. The monoisotopic (exact) mass is 452 g/mol. The Morgan fingerprint density at radius 3 is 2.16 bits per heavy atom. The molecule has 0 spiro atoms. The molecule has 7 nitrogen and oxygen atoms in total. The van der Waals surface area contributed by atoms with Gasteiger partial charge in [0.15, 0.2) is 0 Å². The Morgan fingerprint density at radius 2 is 1.53 bits per heavy atom. The summed E-state index contributed by atoms with van der Waals surface area (Å²) in [5.41, 5.74) is 3.67. The van der Waals surface area contributed by atoms with Crippen molar-refractivity contribution in [1.82, 2.24) is 0 Å². The predicted octanol–water partition coefficient (Wildman–Crippen LogP) is 4.97. The fourth-order valence-electron chi connectivity index (χ4n) is 3.15. The van der Waals surface area contributed by atoms with Crippen LogP contribution in [0, 0.1) is 20.8 Å². The second kappa shape index (κ2) is 9.65. The van der Waals surface area contributed by atoms with Crippen LogP contribution in [-0.4, -0.2) is 32.0 Å². The standard InChI is InChI=1S/C24H24N2O5S/c1-13-7-6-8-18(14(13)2)25-22(28)20-15(3)19(24(29)31-5)23(32-20)26-21(27)16-9-11-17(30-4)12-10-16/h6-12H,1-5H3,(H,25,28)(H,26,27). The van der Waals surface area contributed by atoms with Crippen molar-refractivity contribution in [3.8, 4) is 5.75 Å². The second-order valence-electron chi connectivity index (χ2n) is 7.14. The number of hydrogen-bond donors (Lipinski definition) is 2. The molecule has 8 heteroatoms. The van der Waals surface area contributed by atoms with Crippen molar-refractivity contribution in [2.75, 3.05) is 24.9 Å². The van der Waals surface area contributed by atoms with Crippen LogP contribution in [0.1, 0.15) is 47.1 Å². The third kappa shape index (κ3) is 4.65. The third-order valence-electron chi connectivity index (χ3n) is 5.17. The van der Waals surface area contributed by atoms with Gasteiger partial charge >= 0.3 is 5.97 Å². The van der Waals surface area contributed by atoms with Crippen LogP contribution in [0.3, 0.4) is 0 Å². The quantitative estimate of drug-likeness (QED) is 0.515. The molecular weight excluding hydrogens is 428 g/mol. The van der Waals surface area contributed by atoms with Gasteiger partial charge in [0.2, 0.25) is 0 Å². The Labute approximate surface area is 190 Å². The maximum atomic E-state index is 13.0. The molecule has 2 N–H and O–H groups in total. The summed E-state index contributed by atoms with van der Waals surface area (Å²) >= 11 is 1.03. The number of aryl methyl sites for hydroxylation is 1. The number of ether oxygens (including phenoxy) is 2. The van der Waals surface area contributed by atoms with Gasteiger partial charge in [0.1, 0.15) is 10.8 Å². The van der Waals surface area contributed by atoms with Crippen molar-refractivity contribution < 1.29 is 23.9 Å². The van der Waals surface area contributed by atoms with E-state index in [1.807, 2.05) is 32.0 Å². The van der Waals surface area contributed by atoms with E-state index in [9.17, 15) is 14.4 Å². The summed E-state index contributed by atoms with van der Waals surface area (Å²) < 4.78 is 10.00. The average molecular weight is 453 g/mol. The molecule has 2 aromatic carbocycles. The number of benzene rings is 2. The second-order valence-corrected chi connectivity index (χ2v) is 8.16. The van der Waals surface area contributed by atoms with Gasteiger partial charge in [0.25, 0.3) is 11.8 Å². The summed E-state index contributed by atoms with van der Waals surface area (Å²) in [7, 11) is 2.79. The highest BCUT2D eigenvalue weighted by Gasteiger charge is 2.27. The van der Waals surface area contributed by atoms with Crippen LogP contribution in [0.2, 0.25) is 0 Å². The Morgan fingerprint density at radius 1 is 0.844 bits per heavy atom. The Kier molecular flexibility index (Phi) is 6.95. The van der Waals surface area contributed by atoms with E-state index < -0.39 is 11.9 Å². The van der Waals surface area contributed by atoms with Crippen molar-refractivity contribution in [3.63, 3.8) is 0 Å². The van der Waals surface area contributed by atoms with Crippen LogP contribution in [0.25, 0.3) is 0 Å². The average Bonchev–Trinajstić information content (AvgIpc) is 3.12. The van der Waals surface area contributed by atoms with Gasteiger partial charge in [0, 0.05) is 11.3 Å². The van der Waals surface area contributed by atoms with Crippen molar-refractivity contribution >= 4 is 39.8 Å². The highest BCUT2D eigenvalue weighted by molar-refractivity contribution is 7.19. The van der Waals surface area contributed by atoms with E-state index in [1.54, 1.807) is 31.2 Å². The molecule has 0 saturated heterocycles. The summed E-state index contributed by atoms with van der Waals surface area (Å²) in [6.07, 6.45) is 0. The largest absolute Gasteiger partial charge is 0.497 e. The van der Waals surface area contributed by atoms with Gasteiger partial charge in [-0.3, -0.25) is 9.59 Å². The summed E-state index contributed by atoms with van der Waals surface area (Å²) in [5, 5.41) is 5.89. The van der Waals surface area contributed by atoms with Crippen LogP contribution in [0.5, 0.6) is 5.75 Å². The molecule has 3 aromatic rings.